The third kappa shape index (κ3) is 3.08. The van der Waals surface area contributed by atoms with Crippen molar-refractivity contribution in [2.75, 3.05) is 0 Å². The molecule has 3 amide bonds. The fraction of sp³-hybridized carbons (Fsp3) is 0.250. The van der Waals surface area contributed by atoms with E-state index in [1.807, 2.05) is 0 Å². The summed E-state index contributed by atoms with van der Waals surface area (Å²) in [7, 11) is 0. The molecule has 1 aliphatic rings. The monoisotopic (exact) mass is 318 g/mol. The lowest BCUT2D eigenvalue weighted by Gasteiger charge is -2.22. The van der Waals surface area contributed by atoms with E-state index in [1.54, 1.807) is 0 Å². The van der Waals surface area contributed by atoms with Crippen molar-refractivity contribution in [2.45, 2.75) is 18.9 Å². The maximum absolute atomic E-state index is 13.3. The predicted molar refractivity (Wildman–Crippen MR) is 70.1 cm³/mol. The van der Waals surface area contributed by atoms with Gasteiger partial charge in [-0.05, 0) is 18.6 Å². The molecule has 2 rings (SSSR count). The third-order valence-electron chi connectivity index (χ3n) is 2.80. The number of rotatable bonds is 2. The highest BCUT2D eigenvalue weighted by molar-refractivity contribution is 6.36. The Bertz CT molecular complexity index is 607. The van der Waals surface area contributed by atoms with E-state index < -0.39 is 29.6 Å². The topological polar surface area (TPSA) is 75.3 Å². The molecule has 0 aromatic heterocycles. The van der Waals surface area contributed by atoms with E-state index in [0.717, 1.165) is 12.1 Å². The van der Waals surface area contributed by atoms with Crippen molar-refractivity contribution in [3.8, 4) is 0 Å². The number of halogens is 3. The van der Waals surface area contributed by atoms with Crippen LogP contribution in [0.3, 0.4) is 0 Å². The van der Waals surface area contributed by atoms with E-state index in [4.69, 9.17) is 23.2 Å². The Hall–Kier alpha value is -1.66. The van der Waals surface area contributed by atoms with E-state index in [1.165, 1.54) is 0 Å². The zero-order valence-electron chi connectivity index (χ0n) is 10.0. The van der Waals surface area contributed by atoms with Crippen LogP contribution in [0.15, 0.2) is 12.1 Å². The molecular weight excluding hydrogens is 310 g/mol. The highest BCUT2D eigenvalue weighted by atomic mass is 35.5. The number of imide groups is 1. The Balaban J connectivity index is 2.14. The first-order valence-electron chi connectivity index (χ1n) is 5.67. The molecule has 5 nitrogen and oxygen atoms in total. The maximum Gasteiger partial charge on any atom is 0.253 e. The average molecular weight is 319 g/mol. The molecular formula is C12H9Cl2FN2O3. The zero-order chi connectivity index (χ0) is 14.9. The van der Waals surface area contributed by atoms with Crippen molar-refractivity contribution in [1.82, 2.24) is 10.6 Å². The second-order valence-electron chi connectivity index (χ2n) is 4.22. The van der Waals surface area contributed by atoms with Gasteiger partial charge in [0.1, 0.15) is 11.9 Å². The van der Waals surface area contributed by atoms with Gasteiger partial charge in [-0.25, -0.2) is 4.39 Å². The molecule has 0 bridgehead atoms. The largest absolute Gasteiger partial charge is 0.340 e. The quantitative estimate of drug-likeness (QED) is 0.643. The normalized spacial score (nSPS) is 18.6. The molecule has 1 atom stereocenters. The average Bonchev–Trinajstić information content (AvgIpc) is 2.37. The van der Waals surface area contributed by atoms with Gasteiger partial charge < -0.3 is 5.32 Å². The Morgan fingerprint density at radius 3 is 2.65 bits per heavy atom. The smallest absolute Gasteiger partial charge is 0.253 e. The summed E-state index contributed by atoms with van der Waals surface area (Å²) in [6.07, 6.45) is 0.309. The minimum absolute atomic E-state index is 0.0267. The number of hydrogen-bond acceptors (Lipinski definition) is 3. The summed E-state index contributed by atoms with van der Waals surface area (Å²) in [6, 6.07) is 1.15. The van der Waals surface area contributed by atoms with Crippen molar-refractivity contribution in [1.29, 1.82) is 0 Å². The van der Waals surface area contributed by atoms with Gasteiger partial charge in [0.15, 0.2) is 0 Å². The molecule has 0 aliphatic carbocycles. The molecule has 0 radical (unpaired) electrons. The number of piperidine rings is 1. The highest BCUT2D eigenvalue weighted by Gasteiger charge is 2.28. The molecule has 106 valence electrons. The number of carbonyl (C=O) groups excluding carboxylic acids is 3. The summed E-state index contributed by atoms with van der Waals surface area (Å²) < 4.78 is 13.3. The Morgan fingerprint density at radius 1 is 1.30 bits per heavy atom. The SMILES string of the molecule is O=C1CCC(NC(=O)c2cc(F)c(Cl)cc2Cl)C(=O)N1. The molecule has 1 saturated heterocycles. The van der Waals surface area contributed by atoms with Gasteiger partial charge in [0.05, 0.1) is 15.6 Å². The van der Waals surface area contributed by atoms with Gasteiger partial charge in [-0.3, -0.25) is 19.7 Å². The van der Waals surface area contributed by atoms with Crippen LogP contribution in [0.25, 0.3) is 0 Å². The van der Waals surface area contributed by atoms with E-state index in [2.05, 4.69) is 10.6 Å². The van der Waals surface area contributed by atoms with Crippen LogP contribution in [0.1, 0.15) is 23.2 Å². The number of hydrogen-bond donors (Lipinski definition) is 2. The lowest BCUT2D eigenvalue weighted by molar-refractivity contribution is -0.134. The summed E-state index contributed by atoms with van der Waals surface area (Å²) in [6.45, 7) is 0. The molecule has 1 unspecified atom stereocenters. The summed E-state index contributed by atoms with van der Waals surface area (Å²) >= 11 is 11.3. The highest BCUT2D eigenvalue weighted by Crippen LogP contribution is 2.24. The Kier molecular flexibility index (Phi) is 4.25. The van der Waals surface area contributed by atoms with Crippen LogP contribution in [-0.4, -0.2) is 23.8 Å². The first-order chi connectivity index (χ1) is 9.38. The van der Waals surface area contributed by atoms with Crippen LogP contribution < -0.4 is 10.6 Å². The molecule has 1 fully saturated rings. The van der Waals surface area contributed by atoms with Crippen molar-refractivity contribution < 1.29 is 18.8 Å². The van der Waals surface area contributed by atoms with Crippen molar-refractivity contribution in [2.24, 2.45) is 0 Å². The molecule has 1 aromatic rings. The van der Waals surface area contributed by atoms with Crippen LogP contribution in [0.5, 0.6) is 0 Å². The van der Waals surface area contributed by atoms with Crippen molar-refractivity contribution >= 4 is 40.9 Å². The lowest BCUT2D eigenvalue weighted by atomic mass is 10.1. The Morgan fingerprint density at radius 2 is 2.00 bits per heavy atom. The molecule has 8 heteroatoms. The summed E-state index contributed by atoms with van der Waals surface area (Å²) in [5.74, 6) is -2.49. The van der Waals surface area contributed by atoms with Crippen LogP contribution in [0.4, 0.5) is 4.39 Å². The van der Waals surface area contributed by atoms with Gasteiger partial charge in [-0.2, -0.15) is 0 Å². The zero-order valence-corrected chi connectivity index (χ0v) is 11.5. The molecule has 1 heterocycles. The van der Waals surface area contributed by atoms with Crippen molar-refractivity contribution in [3.63, 3.8) is 0 Å². The van der Waals surface area contributed by atoms with Crippen LogP contribution >= 0.6 is 23.2 Å². The van der Waals surface area contributed by atoms with Crippen LogP contribution in [0, 0.1) is 5.82 Å². The van der Waals surface area contributed by atoms with Gasteiger partial charge in [0.2, 0.25) is 11.8 Å². The molecule has 0 spiro atoms. The van der Waals surface area contributed by atoms with E-state index in [-0.39, 0.29) is 28.5 Å². The minimum atomic E-state index is -0.852. The standard InChI is InChI=1S/C12H9Cl2FN2O3/c13-6-4-7(14)8(15)3-5(6)11(19)16-9-1-2-10(18)17-12(9)20/h3-4,9H,1-2H2,(H,16,19)(H,17,18,20). The first-order valence-corrected chi connectivity index (χ1v) is 6.43. The minimum Gasteiger partial charge on any atom is -0.340 e. The summed E-state index contributed by atoms with van der Waals surface area (Å²) in [5, 5.41) is 4.27. The van der Waals surface area contributed by atoms with Gasteiger partial charge >= 0.3 is 0 Å². The van der Waals surface area contributed by atoms with Crippen LogP contribution in [-0.2, 0) is 9.59 Å². The predicted octanol–water partition coefficient (Wildman–Crippen LogP) is 1.67. The van der Waals surface area contributed by atoms with Crippen molar-refractivity contribution in [3.05, 3.63) is 33.6 Å². The fourth-order valence-corrected chi connectivity index (χ4v) is 2.23. The summed E-state index contributed by atoms with van der Waals surface area (Å²) in [5.41, 5.74) is -0.127. The number of amides is 3. The number of carbonyl (C=O) groups is 3. The second-order valence-corrected chi connectivity index (χ2v) is 5.04. The van der Waals surface area contributed by atoms with Gasteiger partial charge in [0, 0.05) is 6.42 Å². The maximum atomic E-state index is 13.3. The van der Waals surface area contributed by atoms with E-state index in [9.17, 15) is 18.8 Å². The van der Waals surface area contributed by atoms with Gasteiger partial charge in [0.25, 0.3) is 5.91 Å². The lowest BCUT2D eigenvalue weighted by Crippen LogP contribution is -2.52. The molecule has 0 saturated carbocycles. The first kappa shape index (κ1) is 14.7. The molecule has 2 N–H and O–H groups in total. The molecule has 1 aliphatic heterocycles. The fourth-order valence-electron chi connectivity index (χ4n) is 1.76. The van der Waals surface area contributed by atoms with E-state index >= 15 is 0 Å². The van der Waals surface area contributed by atoms with Gasteiger partial charge in [-0.15, -0.1) is 0 Å². The summed E-state index contributed by atoms with van der Waals surface area (Å²) in [4.78, 5) is 34.4. The van der Waals surface area contributed by atoms with Crippen LogP contribution in [0.2, 0.25) is 10.0 Å². The van der Waals surface area contributed by atoms with E-state index in [0.29, 0.717) is 0 Å². The third-order valence-corrected chi connectivity index (χ3v) is 3.40. The molecule has 20 heavy (non-hydrogen) atoms. The number of benzene rings is 1. The molecule has 1 aromatic carbocycles. The van der Waals surface area contributed by atoms with Gasteiger partial charge in [-0.1, -0.05) is 23.2 Å². The second kappa shape index (κ2) is 5.76. The Labute approximate surface area is 123 Å². The number of nitrogens with one attached hydrogen (secondary N) is 2.